The molecule has 5 nitrogen and oxygen atoms in total. The Morgan fingerprint density at radius 2 is 1.94 bits per heavy atom. The number of hydrogen-bond donors (Lipinski definition) is 2. The molecule has 0 radical (unpaired) electrons. The minimum Gasteiger partial charge on any atom is -0.355 e. The second-order valence-corrected chi connectivity index (χ2v) is 4.84. The van der Waals surface area contributed by atoms with Crippen molar-refractivity contribution in [2.24, 2.45) is 5.73 Å². The van der Waals surface area contributed by atoms with Crippen LogP contribution in [0.1, 0.15) is 51.8 Å². The molecule has 3 N–H and O–H groups in total. The van der Waals surface area contributed by atoms with Crippen molar-refractivity contribution < 1.29 is 0 Å². The quantitative estimate of drug-likeness (QED) is 0.838. The van der Waals surface area contributed by atoms with E-state index in [9.17, 15) is 0 Å². The first kappa shape index (κ1) is 12.4. The SMILES string of the molecule is CCNc1nnc(C2(N)CCCCC2)n1CC. The Labute approximate surface area is 103 Å². The molecule has 2 rings (SSSR count). The number of nitrogens with two attached hydrogens (primary N) is 1. The summed E-state index contributed by atoms with van der Waals surface area (Å²) in [4.78, 5) is 0. The molecule has 0 unspecified atom stereocenters. The van der Waals surface area contributed by atoms with Crippen LogP contribution in [-0.2, 0) is 12.1 Å². The number of nitrogens with zero attached hydrogens (tertiary/aromatic N) is 3. The summed E-state index contributed by atoms with van der Waals surface area (Å²) in [6, 6.07) is 0. The number of aromatic nitrogens is 3. The van der Waals surface area contributed by atoms with Crippen LogP contribution < -0.4 is 11.1 Å². The van der Waals surface area contributed by atoms with Crippen molar-refractivity contribution in [2.75, 3.05) is 11.9 Å². The van der Waals surface area contributed by atoms with Crippen LogP contribution in [0.2, 0.25) is 0 Å². The fourth-order valence-electron chi connectivity index (χ4n) is 2.67. The van der Waals surface area contributed by atoms with Crippen molar-refractivity contribution >= 4 is 5.95 Å². The first-order valence-corrected chi connectivity index (χ1v) is 6.67. The third-order valence-corrected chi connectivity index (χ3v) is 3.59. The van der Waals surface area contributed by atoms with Crippen LogP contribution >= 0.6 is 0 Å². The summed E-state index contributed by atoms with van der Waals surface area (Å²) in [6.45, 7) is 5.90. The topological polar surface area (TPSA) is 68.8 Å². The Bertz CT molecular complexity index is 365. The van der Waals surface area contributed by atoms with E-state index in [0.717, 1.165) is 37.7 Å². The molecular formula is C12H23N5. The van der Waals surface area contributed by atoms with Gasteiger partial charge in [-0.1, -0.05) is 19.3 Å². The predicted octanol–water partition coefficient (Wildman–Crippen LogP) is 1.85. The van der Waals surface area contributed by atoms with Gasteiger partial charge in [0.25, 0.3) is 0 Å². The maximum atomic E-state index is 6.52. The first-order valence-electron chi connectivity index (χ1n) is 6.67. The van der Waals surface area contributed by atoms with Gasteiger partial charge in [0.05, 0.1) is 5.54 Å². The molecule has 1 fully saturated rings. The lowest BCUT2D eigenvalue weighted by Crippen LogP contribution is -2.41. The van der Waals surface area contributed by atoms with Gasteiger partial charge in [-0.05, 0) is 26.7 Å². The zero-order valence-corrected chi connectivity index (χ0v) is 10.9. The molecule has 1 aromatic rings. The highest BCUT2D eigenvalue weighted by molar-refractivity contribution is 5.28. The standard InChI is InChI=1S/C12H23N5/c1-3-14-11-16-15-10(17(11)4-2)12(13)8-6-5-7-9-12/h3-9,13H2,1-2H3,(H,14,16). The van der Waals surface area contributed by atoms with Gasteiger partial charge in [-0.2, -0.15) is 0 Å². The summed E-state index contributed by atoms with van der Waals surface area (Å²) in [5.74, 6) is 1.80. The summed E-state index contributed by atoms with van der Waals surface area (Å²) in [7, 11) is 0. The molecule has 1 aliphatic carbocycles. The molecule has 96 valence electrons. The number of nitrogens with one attached hydrogen (secondary N) is 1. The number of hydrogen-bond acceptors (Lipinski definition) is 4. The minimum absolute atomic E-state index is 0.269. The lowest BCUT2D eigenvalue weighted by Gasteiger charge is -2.32. The molecule has 5 heteroatoms. The molecule has 0 amide bonds. The number of rotatable bonds is 4. The average molecular weight is 237 g/mol. The molecule has 0 atom stereocenters. The second-order valence-electron chi connectivity index (χ2n) is 4.84. The molecule has 1 heterocycles. The third kappa shape index (κ3) is 2.29. The average Bonchev–Trinajstić information content (AvgIpc) is 2.74. The molecule has 1 aromatic heterocycles. The van der Waals surface area contributed by atoms with Crippen molar-refractivity contribution in [3.63, 3.8) is 0 Å². The molecular weight excluding hydrogens is 214 g/mol. The van der Waals surface area contributed by atoms with Gasteiger partial charge in [0.2, 0.25) is 5.95 Å². The molecule has 0 aromatic carbocycles. The molecule has 0 bridgehead atoms. The normalized spacial score (nSPS) is 19.2. The van der Waals surface area contributed by atoms with Crippen LogP contribution in [0, 0.1) is 0 Å². The van der Waals surface area contributed by atoms with E-state index >= 15 is 0 Å². The molecule has 1 aliphatic rings. The minimum atomic E-state index is -0.269. The van der Waals surface area contributed by atoms with E-state index in [1.54, 1.807) is 0 Å². The van der Waals surface area contributed by atoms with Gasteiger partial charge < -0.3 is 11.1 Å². The van der Waals surface area contributed by atoms with Crippen LogP contribution in [0.3, 0.4) is 0 Å². The van der Waals surface area contributed by atoms with E-state index in [2.05, 4.69) is 33.9 Å². The molecule has 1 saturated carbocycles. The van der Waals surface area contributed by atoms with Crippen LogP contribution in [0.15, 0.2) is 0 Å². The summed E-state index contributed by atoms with van der Waals surface area (Å²) in [5, 5.41) is 11.8. The highest BCUT2D eigenvalue weighted by atomic mass is 15.4. The van der Waals surface area contributed by atoms with E-state index in [4.69, 9.17) is 5.73 Å². The zero-order valence-electron chi connectivity index (χ0n) is 10.9. The van der Waals surface area contributed by atoms with Gasteiger partial charge >= 0.3 is 0 Å². The van der Waals surface area contributed by atoms with Crippen molar-refractivity contribution in [2.45, 2.75) is 58.0 Å². The fourth-order valence-corrected chi connectivity index (χ4v) is 2.67. The lowest BCUT2D eigenvalue weighted by molar-refractivity contribution is 0.278. The van der Waals surface area contributed by atoms with E-state index < -0.39 is 0 Å². The molecule has 0 spiro atoms. The second kappa shape index (κ2) is 5.04. The van der Waals surface area contributed by atoms with Crippen molar-refractivity contribution in [3.8, 4) is 0 Å². The van der Waals surface area contributed by atoms with E-state index in [-0.39, 0.29) is 5.54 Å². The Balaban J connectivity index is 2.30. The maximum absolute atomic E-state index is 6.52. The Hall–Kier alpha value is -1.10. The van der Waals surface area contributed by atoms with Crippen LogP contribution in [0.4, 0.5) is 5.95 Å². The van der Waals surface area contributed by atoms with Gasteiger partial charge in [-0.25, -0.2) is 0 Å². The van der Waals surface area contributed by atoms with Crippen molar-refractivity contribution in [1.82, 2.24) is 14.8 Å². The van der Waals surface area contributed by atoms with E-state index in [1.165, 1.54) is 19.3 Å². The van der Waals surface area contributed by atoms with Gasteiger partial charge in [0.15, 0.2) is 5.82 Å². The Kier molecular flexibility index (Phi) is 3.66. The van der Waals surface area contributed by atoms with E-state index in [1.807, 2.05) is 0 Å². The number of anilines is 1. The van der Waals surface area contributed by atoms with Crippen LogP contribution in [-0.4, -0.2) is 21.3 Å². The molecule has 17 heavy (non-hydrogen) atoms. The summed E-state index contributed by atoms with van der Waals surface area (Å²) < 4.78 is 2.12. The van der Waals surface area contributed by atoms with Crippen molar-refractivity contribution in [1.29, 1.82) is 0 Å². The highest BCUT2D eigenvalue weighted by Crippen LogP contribution is 2.34. The van der Waals surface area contributed by atoms with Crippen molar-refractivity contribution in [3.05, 3.63) is 5.82 Å². The molecule has 0 aliphatic heterocycles. The van der Waals surface area contributed by atoms with Crippen LogP contribution in [0.5, 0.6) is 0 Å². The smallest absolute Gasteiger partial charge is 0.224 e. The molecule has 0 saturated heterocycles. The zero-order chi connectivity index (χ0) is 12.3. The monoisotopic (exact) mass is 237 g/mol. The fraction of sp³-hybridized carbons (Fsp3) is 0.833. The van der Waals surface area contributed by atoms with Crippen LogP contribution in [0.25, 0.3) is 0 Å². The largest absolute Gasteiger partial charge is 0.355 e. The summed E-state index contributed by atoms with van der Waals surface area (Å²) >= 11 is 0. The van der Waals surface area contributed by atoms with Gasteiger partial charge in [0, 0.05) is 13.1 Å². The van der Waals surface area contributed by atoms with Gasteiger partial charge in [-0.15, -0.1) is 10.2 Å². The van der Waals surface area contributed by atoms with E-state index in [0.29, 0.717) is 0 Å². The Morgan fingerprint density at radius 3 is 2.53 bits per heavy atom. The summed E-state index contributed by atoms with van der Waals surface area (Å²) in [6.07, 6.45) is 5.74. The van der Waals surface area contributed by atoms with Gasteiger partial charge in [-0.3, -0.25) is 4.57 Å². The lowest BCUT2D eigenvalue weighted by atomic mass is 9.82. The Morgan fingerprint density at radius 1 is 1.24 bits per heavy atom. The van der Waals surface area contributed by atoms with Gasteiger partial charge in [0.1, 0.15) is 0 Å². The summed E-state index contributed by atoms with van der Waals surface area (Å²) in [5.41, 5.74) is 6.25. The highest BCUT2D eigenvalue weighted by Gasteiger charge is 2.34. The first-order chi connectivity index (χ1) is 8.21. The third-order valence-electron chi connectivity index (χ3n) is 3.59. The maximum Gasteiger partial charge on any atom is 0.224 e. The predicted molar refractivity (Wildman–Crippen MR) is 68.8 cm³/mol.